The van der Waals surface area contributed by atoms with Gasteiger partial charge in [0.15, 0.2) is 0 Å². The van der Waals surface area contributed by atoms with Gasteiger partial charge in [-0.25, -0.2) is 4.39 Å². The Bertz CT molecular complexity index is 459. The van der Waals surface area contributed by atoms with E-state index in [9.17, 15) is 9.65 Å². The molecule has 0 aromatic heterocycles. The molecular weight excluding hydrogens is 239 g/mol. The van der Waals surface area contributed by atoms with Gasteiger partial charge in [0.05, 0.1) is 11.5 Å². The van der Waals surface area contributed by atoms with Crippen LogP contribution < -0.4 is 0 Å². The Morgan fingerprint density at radius 2 is 2.06 bits per heavy atom. The molecule has 0 aliphatic carbocycles. The zero-order valence-corrected chi connectivity index (χ0v) is 10.5. The molecule has 17 heavy (non-hydrogen) atoms. The summed E-state index contributed by atoms with van der Waals surface area (Å²) in [4.78, 5) is 2.16. The fraction of sp³-hybridized carbons (Fsp3) is 0.462. The van der Waals surface area contributed by atoms with Gasteiger partial charge in [0.25, 0.3) is 0 Å². The van der Waals surface area contributed by atoms with Crippen molar-refractivity contribution in [2.24, 2.45) is 0 Å². The molecule has 0 bridgehead atoms. The van der Waals surface area contributed by atoms with Gasteiger partial charge in [-0.3, -0.25) is 0 Å². The Balaban J connectivity index is 2.39. The van der Waals surface area contributed by atoms with Gasteiger partial charge in [0, 0.05) is 10.6 Å². The molecule has 1 aromatic rings. The van der Waals surface area contributed by atoms with Crippen molar-refractivity contribution in [1.82, 2.24) is 4.90 Å². The van der Waals surface area contributed by atoms with E-state index >= 15 is 0 Å². The minimum Gasteiger partial charge on any atom is -0.306 e. The highest BCUT2D eigenvalue weighted by atomic mass is 35.5. The molecule has 0 saturated carbocycles. The highest BCUT2D eigenvalue weighted by molar-refractivity contribution is 6.30. The van der Waals surface area contributed by atoms with Crippen molar-refractivity contribution in [3.05, 3.63) is 34.6 Å². The van der Waals surface area contributed by atoms with Crippen LogP contribution in [0.5, 0.6) is 0 Å². The molecule has 1 fully saturated rings. The van der Waals surface area contributed by atoms with Gasteiger partial charge in [-0.1, -0.05) is 17.7 Å². The molecule has 1 saturated heterocycles. The smallest absolute Gasteiger partial charge is 0.129 e. The lowest BCUT2D eigenvalue weighted by Crippen LogP contribution is -2.40. The summed E-state index contributed by atoms with van der Waals surface area (Å²) in [6, 6.07) is 6.89. The van der Waals surface area contributed by atoms with Crippen LogP contribution in [0.1, 0.15) is 18.4 Å². The van der Waals surface area contributed by atoms with E-state index in [1.807, 2.05) is 7.05 Å². The lowest BCUT2D eigenvalue weighted by Gasteiger charge is -2.35. The number of rotatable bonds is 1. The molecule has 4 heteroatoms. The molecule has 1 aliphatic heterocycles. The van der Waals surface area contributed by atoms with Gasteiger partial charge in [-0.15, -0.1) is 0 Å². The van der Waals surface area contributed by atoms with E-state index in [-0.39, 0.29) is 5.82 Å². The van der Waals surface area contributed by atoms with Crippen LogP contribution in [0.4, 0.5) is 4.39 Å². The van der Waals surface area contributed by atoms with Gasteiger partial charge in [0.1, 0.15) is 5.82 Å². The van der Waals surface area contributed by atoms with Crippen LogP contribution in [0.3, 0.4) is 0 Å². The normalized spacial score (nSPS) is 19.9. The molecule has 0 amide bonds. The minimum atomic E-state index is -0.693. The third-order valence-electron chi connectivity index (χ3n) is 3.50. The molecule has 2 rings (SSSR count). The molecule has 0 N–H and O–H groups in total. The summed E-state index contributed by atoms with van der Waals surface area (Å²) >= 11 is 5.74. The maximum Gasteiger partial charge on any atom is 0.129 e. The average molecular weight is 253 g/mol. The second-order valence-corrected chi connectivity index (χ2v) is 5.06. The topological polar surface area (TPSA) is 27.0 Å². The number of hydrogen-bond acceptors (Lipinski definition) is 2. The van der Waals surface area contributed by atoms with Crippen molar-refractivity contribution >= 4 is 11.6 Å². The second kappa shape index (κ2) is 4.64. The number of likely N-dealkylation sites (tertiary alicyclic amines) is 1. The van der Waals surface area contributed by atoms with Gasteiger partial charge >= 0.3 is 0 Å². The highest BCUT2D eigenvalue weighted by Gasteiger charge is 2.37. The zero-order chi connectivity index (χ0) is 12.5. The summed E-state index contributed by atoms with van der Waals surface area (Å²) < 4.78 is 13.9. The van der Waals surface area contributed by atoms with Gasteiger partial charge in [-0.2, -0.15) is 5.26 Å². The molecule has 0 radical (unpaired) electrons. The Morgan fingerprint density at radius 1 is 1.41 bits per heavy atom. The van der Waals surface area contributed by atoms with Gasteiger partial charge in [-0.05, 0) is 45.1 Å². The SMILES string of the molecule is CN1CCC(C#N)(c2ccc(Cl)cc2F)CC1. The summed E-state index contributed by atoms with van der Waals surface area (Å²) in [6.45, 7) is 1.63. The molecule has 1 heterocycles. The predicted molar refractivity (Wildman–Crippen MR) is 65.4 cm³/mol. The van der Waals surface area contributed by atoms with Crippen LogP contribution in [0.25, 0.3) is 0 Å². The summed E-state index contributed by atoms with van der Waals surface area (Å²) in [5, 5.41) is 9.77. The predicted octanol–water partition coefficient (Wildman–Crippen LogP) is 2.97. The molecule has 2 nitrogen and oxygen atoms in total. The summed E-state index contributed by atoms with van der Waals surface area (Å²) in [6.07, 6.45) is 1.33. The van der Waals surface area contributed by atoms with E-state index in [1.54, 1.807) is 12.1 Å². The second-order valence-electron chi connectivity index (χ2n) is 4.62. The van der Waals surface area contributed by atoms with Crippen LogP contribution in [0, 0.1) is 17.1 Å². The number of piperidine rings is 1. The first-order valence-electron chi connectivity index (χ1n) is 5.63. The van der Waals surface area contributed by atoms with Crippen molar-refractivity contribution in [3.8, 4) is 6.07 Å². The third-order valence-corrected chi connectivity index (χ3v) is 3.74. The monoisotopic (exact) mass is 252 g/mol. The Labute approximate surface area is 106 Å². The van der Waals surface area contributed by atoms with Crippen LogP contribution >= 0.6 is 11.6 Å². The van der Waals surface area contributed by atoms with E-state index in [2.05, 4.69) is 11.0 Å². The third kappa shape index (κ3) is 2.29. The number of nitriles is 1. The number of benzene rings is 1. The first-order valence-corrected chi connectivity index (χ1v) is 6.00. The molecule has 0 unspecified atom stereocenters. The summed E-state index contributed by atoms with van der Waals surface area (Å²) in [5.41, 5.74) is -0.209. The quantitative estimate of drug-likeness (QED) is 0.768. The van der Waals surface area contributed by atoms with Crippen molar-refractivity contribution in [3.63, 3.8) is 0 Å². The van der Waals surface area contributed by atoms with E-state index in [1.165, 1.54) is 6.07 Å². The van der Waals surface area contributed by atoms with Gasteiger partial charge < -0.3 is 4.90 Å². The van der Waals surface area contributed by atoms with Crippen LogP contribution in [-0.4, -0.2) is 25.0 Å². The van der Waals surface area contributed by atoms with Crippen molar-refractivity contribution in [2.75, 3.05) is 20.1 Å². The number of hydrogen-bond donors (Lipinski definition) is 0. The molecule has 1 aromatic carbocycles. The van der Waals surface area contributed by atoms with E-state index in [0.29, 0.717) is 23.4 Å². The number of nitrogens with zero attached hydrogens (tertiary/aromatic N) is 2. The maximum atomic E-state index is 13.9. The fourth-order valence-corrected chi connectivity index (χ4v) is 2.48. The molecular formula is C13H14ClFN2. The average Bonchev–Trinajstić information content (AvgIpc) is 2.31. The summed E-state index contributed by atoms with van der Waals surface area (Å²) in [5.74, 6) is -0.372. The first-order chi connectivity index (χ1) is 8.07. The van der Waals surface area contributed by atoms with Gasteiger partial charge in [0.2, 0.25) is 0 Å². The minimum absolute atomic E-state index is 0.368. The molecule has 1 aliphatic rings. The van der Waals surface area contributed by atoms with Crippen molar-refractivity contribution < 1.29 is 4.39 Å². The van der Waals surface area contributed by atoms with Crippen LogP contribution in [0.2, 0.25) is 5.02 Å². The van der Waals surface area contributed by atoms with E-state index in [4.69, 9.17) is 11.6 Å². The van der Waals surface area contributed by atoms with E-state index < -0.39 is 5.41 Å². The lowest BCUT2D eigenvalue weighted by atomic mass is 9.74. The Morgan fingerprint density at radius 3 is 2.59 bits per heavy atom. The Hall–Kier alpha value is -1.11. The largest absolute Gasteiger partial charge is 0.306 e. The van der Waals surface area contributed by atoms with E-state index in [0.717, 1.165) is 13.1 Å². The molecule has 90 valence electrons. The zero-order valence-electron chi connectivity index (χ0n) is 9.71. The van der Waals surface area contributed by atoms with Crippen LogP contribution in [0.15, 0.2) is 18.2 Å². The highest BCUT2D eigenvalue weighted by Crippen LogP contribution is 2.36. The van der Waals surface area contributed by atoms with Crippen molar-refractivity contribution in [2.45, 2.75) is 18.3 Å². The standard InChI is InChI=1S/C13H14ClFN2/c1-17-6-4-13(9-16,5-7-17)11-3-2-10(14)8-12(11)15/h2-3,8H,4-7H2,1H3. The summed E-state index contributed by atoms with van der Waals surface area (Å²) in [7, 11) is 2.01. The lowest BCUT2D eigenvalue weighted by molar-refractivity contribution is 0.219. The Kier molecular flexibility index (Phi) is 3.37. The van der Waals surface area contributed by atoms with Crippen LogP contribution in [-0.2, 0) is 5.41 Å². The number of halogens is 2. The molecule has 0 atom stereocenters. The van der Waals surface area contributed by atoms with Crippen molar-refractivity contribution in [1.29, 1.82) is 5.26 Å². The maximum absolute atomic E-state index is 13.9. The first kappa shape index (κ1) is 12.3. The fourth-order valence-electron chi connectivity index (χ4n) is 2.32. The molecule has 0 spiro atoms.